The number of benzene rings is 1. The number of amides is 1. The molecule has 1 amide bonds. The Bertz CT molecular complexity index is 892. The molecule has 2 aliphatic rings. The number of ether oxygens (including phenoxy) is 2. The van der Waals surface area contributed by atoms with Crippen molar-refractivity contribution >= 4 is 5.91 Å². The maximum Gasteiger partial charge on any atom is 0.261 e. The Kier molecular flexibility index (Phi) is 7.20. The van der Waals surface area contributed by atoms with Crippen molar-refractivity contribution in [2.75, 3.05) is 33.3 Å². The van der Waals surface area contributed by atoms with E-state index in [0.717, 1.165) is 38.9 Å². The molecule has 0 radical (unpaired) electrons. The second kappa shape index (κ2) is 10.4. The van der Waals surface area contributed by atoms with Crippen molar-refractivity contribution in [1.29, 1.82) is 0 Å². The number of hydrogen-bond donors (Lipinski definition) is 0. The van der Waals surface area contributed by atoms with Gasteiger partial charge in [-0.1, -0.05) is 12.5 Å². The number of aromatic nitrogens is 1. The lowest BCUT2D eigenvalue weighted by Crippen LogP contribution is -2.34. The van der Waals surface area contributed by atoms with E-state index in [2.05, 4.69) is 22.0 Å². The third-order valence-corrected chi connectivity index (χ3v) is 6.18. The van der Waals surface area contributed by atoms with Gasteiger partial charge in [0.15, 0.2) is 0 Å². The maximum absolute atomic E-state index is 12.8. The van der Waals surface area contributed by atoms with E-state index in [1.165, 1.54) is 18.5 Å². The first kappa shape index (κ1) is 21.4. The van der Waals surface area contributed by atoms with Crippen LogP contribution in [0, 0.1) is 0 Å². The number of pyridine rings is 1. The summed E-state index contributed by atoms with van der Waals surface area (Å²) in [5.41, 5.74) is 1.81. The number of carbonyl (C=O) groups excluding carboxylic acids is 1. The number of piperidine rings is 1. The Labute approximate surface area is 184 Å². The minimum atomic E-state index is -0.0250. The molecule has 31 heavy (non-hydrogen) atoms. The van der Waals surface area contributed by atoms with Gasteiger partial charge in [0.25, 0.3) is 5.91 Å². The Morgan fingerprint density at radius 3 is 2.71 bits per heavy atom. The van der Waals surface area contributed by atoms with Gasteiger partial charge in [-0.15, -0.1) is 0 Å². The largest absolute Gasteiger partial charge is 0.497 e. The average molecular weight is 422 g/mol. The summed E-state index contributed by atoms with van der Waals surface area (Å²) in [7, 11) is 1.60. The van der Waals surface area contributed by atoms with Crippen LogP contribution in [0.1, 0.15) is 54.1 Å². The first-order chi connectivity index (χ1) is 15.2. The molecule has 164 valence electrons. The van der Waals surface area contributed by atoms with Crippen LogP contribution >= 0.6 is 0 Å². The molecular weight excluding hydrogens is 390 g/mol. The summed E-state index contributed by atoms with van der Waals surface area (Å²) in [6.45, 7) is 4.12. The van der Waals surface area contributed by atoms with E-state index in [1.54, 1.807) is 42.7 Å². The van der Waals surface area contributed by atoms with Gasteiger partial charge in [-0.05, 0) is 69.6 Å². The number of rotatable bonds is 8. The highest BCUT2D eigenvalue weighted by Crippen LogP contribution is 2.29. The smallest absolute Gasteiger partial charge is 0.261 e. The molecule has 6 heteroatoms. The number of nitrogens with zero attached hydrogens (tertiary/aromatic N) is 3. The van der Waals surface area contributed by atoms with Crippen molar-refractivity contribution in [1.82, 2.24) is 14.8 Å². The van der Waals surface area contributed by atoms with Crippen LogP contribution in [0.3, 0.4) is 0 Å². The molecule has 6 nitrogen and oxygen atoms in total. The Balaban J connectivity index is 1.17. The topological polar surface area (TPSA) is 54.9 Å². The van der Waals surface area contributed by atoms with Crippen LogP contribution in [-0.4, -0.2) is 54.0 Å². The van der Waals surface area contributed by atoms with Gasteiger partial charge < -0.3 is 19.3 Å². The van der Waals surface area contributed by atoms with E-state index >= 15 is 0 Å². The average Bonchev–Trinajstić information content (AvgIpc) is 2.98. The van der Waals surface area contributed by atoms with Gasteiger partial charge in [0.05, 0.1) is 12.7 Å². The van der Waals surface area contributed by atoms with E-state index in [4.69, 9.17) is 9.47 Å². The highest BCUT2D eigenvalue weighted by Gasteiger charge is 2.22. The molecule has 2 aliphatic heterocycles. The summed E-state index contributed by atoms with van der Waals surface area (Å²) in [5, 5.41) is 0. The third kappa shape index (κ3) is 5.44. The van der Waals surface area contributed by atoms with Gasteiger partial charge >= 0.3 is 0 Å². The van der Waals surface area contributed by atoms with Gasteiger partial charge in [0, 0.05) is 36.6 Å². The Morgan fingerprint density at radius 1 is 1.10 bits per heavy atom. The third-order valence-electron chi connectivity index (χ3n) is 6.18. The fourth-order valence-corrected chi connectivity index (χ4v) is 4.34. The molecule has 1 fully saturated rings. The fourth-order valence-electron chi connectivity index (χ4n) is 4.34. The van der Waals surface area contributed by atoms with Gasteiger partial charge in [0.2, 0.25) is 0 Å². The van der Waals surface area contributed by atoms with Crippen molar-refractivity contribution in [3.05, 3.63) is 66.3 Å². The van der Waals surface area contributed by atoms with Crippen molar-refractivity contribution in [2.45, 2.75) is 38.0 Å². The molecule has 0 atom stereocenters. The van der Waals surface area contributed by atoms with Crippen LogP contribution in [-0.2, 0) is 0 Å². The Hall–Kier alpha value is -2.86. The second-order valence-corrected chi connectivity index (χ2v) is 8.19. The Morgan fingerprint density at radius 2 is 1.94 bits per heavy atom. The quantitative estimate of drug-likeness (QED) is 0.590. The van der Waals surface area contributed by atoms with Crippen molar-refractivity contribution in [2.24, 2.45) is 0 Å². The molecule has 4 rings (SSSR count). The fraction of sp³-hybridized carbons (Fsp3) is 0.440. The first-order valence-electron chi connectivity index (χ1n) is 11.2. The number of methoxy groups -OCH3 is 1. The van der Waals surface area contributed by atoms with Gasteiger partial charge in [0.1, 0.15) is 17.8 Å². The highest BCUT2D eigenvalue weighted by atomic mass is 16.5. The molecule has 2 aromatic rings. The van der Waals surface area contributed by atoms with Crippen LogP contribution in [0.2, 0.25) is 0 Å². The molecular formula is C25H31N3O3. The van der Waals surface area contributed by atoms with Gasteiger partial charge in [-0.25, -0.2) is 0 Å². The molecule has 0 aliphatic carbocycles. The minimum absolute atomic E-state index is 0.0250. The molecule has 3 heterocycles. The second-order valence-electron chi connectivity index (χ2n) is 8.19. The minimum Gasteiger partial charge on any atom is -0.497 e. The zero-order valence-corrected chi connectivity index (χ0v) is 18.2. The molecule has 0 spiro atoms. The summed E-state index contributed by atoms with van der Waals surface area (Å²) < 4.78 is 10.8. The lowest BCUT2D eigenvalue weighted by Gasteiger charge is -2.31. The standard InChI is InChI=1S/C25H31N3O3/c1-30-21-8-9-22-24(19-21)31-18-17-28(25(22)29)14-6-2-5-13-27-15-10-20(11-16-27)23-7-3-4-12-26-23/h3-4,7-9,12,17-20H,2,5-6,10-11,13-16H2,1H3. The summed E-state index contributed by atoms with van der Waals surface area (Å²) in [6.07, 6.45) is 10.8. The number of unbranched alkanes of at least 4 members (excludes halogenated alkanes) is 2. The zero-order chi connectivity index (χ0) is 21.5. The van der Waals surface area contributed by atoms with E-state index in [-0.39, 0.29) is 5.91 Å². The van der Waals surface area contributed by atoms with Crippen LogP contribution in [0.15, 0.2) is 55.1 Å². The lowest BCUT2D eigenvalue weighted by atomic mass is 9.93. The van der Waals surface area contributed by atoms with Crippen molar-refractivity contribution < 1.29 is 14.3 Å². The normalized spacial score (nSPS) is 17.2. The number of fused-ring (bicyclic) bond motifs is 1. The van der Waals surface area contributed by atoms with Crippen LogP contribution in [0.4, 0.5) is 0 Å². The van der Waals surface area contributed by atoms with Crippen LogP contribution < -0.4 is 9.47 Å². The molecule has 0 N–H and O–H groups in total. The van der Waals surface area contributed by atoms with Crippen LogP contribution in [0.25, 0.3) is 0 Å². The van der Waals surface area contributed by atoms with E-state index in [1.807, 2.05) is 12.3 Å². The molecule has 0 bridgehead atoms. The summed E-state index contributed by atoms with van der Waals surface area (Å²) in [4.78, 5) is 21.7. The lowest BCUT2D eigenvalue weighted by molar-refractivity contribution is 0.0821. The predicted molar refractivity (Wildman–Crippen MR) is 120 cm³/mol. The van der Waals surface area contributed by atoms with Crippen molar-refractivity contribution in [3.63, 3.8) is 0 Å². The van der Waals surface area contributed by atoms with Crippen molar-refractivity contribution in [3.8, 4) is 11.5 Å². The highest BCUT2D eigenvalue weighted by molar-refractivity contribution is 5.98. The molecule has 1 aromatic heterocycles. The van der Waals surface area contributed by atoms with Gasteiger partial charge in [-0.3, -0.25) is 9.78 Å². The predicted octanol–water partition coefficient (Wildman–Crippen LogP) is 4.45. The molecule has 1 aromatic carbocycles. The molecule has 0 saturated carbocycles. The number of likely N-dealkylation sites (tertiary alicyclic amines) is 1. The van der Waals surface area contributed by atoms with Crippen LogP contribution in [0.5, 0.6) is 11.5 Å². The molecule has 1 saturated heterocycles. The summed E-state index contributed by atoms with van der Waals surface area (Å²) in [6, 6.07) is 11.5. The SMILES string of the molecule is COc1ccc2c(c1)OC=CN(CCCCCN1CCC(c3ccccn3)CC1)C2=O. The maximum atomic E-state index is 12.8. The van der Waals surface area contributed by atoms with E-state index < -0.39 is 0 Å². The number of hydrogen-bond acceptors (Lipinski definition) is 5. The van der Waals surface area contributed by atoms with E-state index in [0.29, 0.717) is 29.5 Å². The number of carbonyl (C=O) groups is 1. The zero-order valence-electron chi connectivity index (χ0n) is 18.2. The monoisotopic (exact) mass is 421 g/mol. The summed E-state index contributed by atoms with van der Waals surface area (Å²) >= 11 is 0. The van der Waals surface area contributed by atoms with E-state index in [9.17, 15) is 4.79 Å². The molecule has 0 unspecified atom stereocenters. The van der Waals surface area contributed by atoms with Gasteiger partial charge in [-0.2, -0.15) is 0 Å². The summed E-state index contributed by atoms with van der Waals surface area (Å²) in [5.74, 6) is 1.79. The first-order valence-corrected chi connectivity index (χ1v) is 11.2.